The Morgan fingerprint density at radius 2 is 1.61 bits per heavy atom. The van der Waals surface area contributed by atoms with Crippen molar-refractivity contribution in [1.29, 1.82) is 5.26 Å². The Labute approximate surface area is 211 Å². The molecule has 1 fully saturated rings. The minimum absolute atomic E-state index is 0.167. The third kappa shape index (κ3) is 5.70. The fraction of sp³-hybridized carbons (Fsp3) is 0.233. The highest BCUT2D eigenvalue weighted by molar-refractivity contribution is 5.84. The standard InChI is InChI=1S/C30H29N5O/c31-18-24-13-11-23(12-14-24)17-29-32-19-27(33-29)22-35(21-26-9-5-2-6-10-26)28-15-16-34(30(28)36)20-25-7-3-1-4-8-25/h1-14,19,28H,15-17,20-22H2,(H,32,33)/t28-/m1/s1. The second-order valence-corrected chi connectivity index (χ2v) is 9.28. The summed E-state index contributed by atoms with van der Waals surface area (Å²) in [7, 11) is 0. The van der Waals surface area contributed by atoms with Gasteiger partial charge in [0.15, 0.2) is 0 Å². The van der Waals surface area contributed by atoms with Crippen molar-refractivity contribution in [3.8, 4) is 6.07 Å². The molecule has 0 aliphatic carbocycles. The van der Waals surface area contributed by atoms with E-state index in [9.17, 15) is 4.79 Å². The highest BCUT2D eigenvalue weighted by atomic mass is 16.2. The van der Waals surface area contributed by atoms with E-state index in [1.807, 2.05) is 71.8 Å². The van der Waals surface area contributed by atoms with Gasteiger partial charge in [0.25, 0.3) is 0 Å². The summed E-state index contributed by atoms with van der Waals surface area (Å²) < 4.78 is 0. The van der Waals surface area contributed by atoms with E-state index in [0.29, 0.717) is 31.6 Å². The number of nitrogens with one attached hydrogen (secondary N) is 1. The second kappa shape index (κ2) is 11.0. The minimum atomic E-state index is -0.167. The molecule has 5 rings (SSSR count). The first-order chi connectivity index (χ1) is 17.7. The number of likely N-dealkylation sites (tertiary alicyclic amines) is 1. The van der Waals surface area contributed by atoms with Gasteiger partial charge in [0, 0.05) is 44.5 Å². The van der Waals surface area contributed by atoms with Gasteiger partial charge < -0.3 is 9.88 Å². The largest absolute Gasteiger partial charge is 0.345 e. The Kier molecular flexibility index (Phi) is 7.20. The van der Waals surface area contributed by atoms with Gasteiger partial charge in [-0.3, -0.25) is 9.69 Å². The third-order valence-electron chi connectivity index (χ3n) is 6.66. The van der Waals surface area contributed by atoms with Crippen molar-refractivity contribution in [2.75, 3.05) is 6.54 Å². The molecule has 1 aliphatic rings. The molecule has 1 atom stereocenters. The maximum atomic E-state index is 13.5. The zero-order chi connectivity index (χ0) is 24.7. The highest BCUT2D eigenvalue weighted by Gasteiger charge is 2.36. The first-order valence-electron chi connectivity index (χ1n) is 12.3. The monoisotopic (exact) mass is 475 g/mol. The quantitative estimate of drug-likeness (QED) is 0.382. The molecule has 0 bridgehead atoms. The second-order valence-electron chi connectivity index (χ2n) is 9.28. The predicted molar refractivity (Wildman–Crippen MR) is 139 cm³/mol. The summed E-state index contributed by atoms with van der Waals surface area (Å²) in [6.45, 7) is 2.72. The summed E-state index contributed by atoms with van der Waals surface area (Å²) in [6, 6.07) is 30.0. The number of aromatic amines is 1. The van der Waals surface area contributed by atoms with Crippen molar-refractivity contribution in [3.63, 3.8) is 0 Å². The molecule has 1 aliphatic heterocycles. The summed E-state index contributed by atoms with van der Waals surface area (Å²) in [5.41, 5.74) is 5.08. The molecular formula is C30H29N5O. The van der Waals surface area contributed by atoms with Crippen molar-refractivity contribution in [2.45, 2.75) is 38.5 Å². The molecule has 6 nitrogen and oxygen atoms in total. The van der Waals surface area contributed by atoms with Gasteiger partial charge in [0.1, 0.15) is 5.82 Å². The Morgan fingerprint density at radius 1 is 0.917 bits per heavy atom. The number of amides is 1. The van der Waals surface area contributed by atoms with Crippen LogP contribution in [0.15, 0.2) is 91.1 Å². The average Bonchev–Trinajstić information content (AvgIpc) is 3.51. The molecule has 0 spiro atoms. The molecule has 0 radical (unpaired) electrons. The molecule has 1 aromatic heterocycles. The number of aromatic nitrogens is 2. The molecule has 1 saturated heterocycles. The average molecular weight is 476 g/mol. The number of carbonyl (C=O) groups excluding carboxylic acids is 1. The summed E-state index contributed by atoms with van der Waals surface area (Å²) in [5, 5.41) is 9.01. The fourth-order valence-corrected chi connectivity index (χ4v) is 4.80. The van der Waals surface area contributed by atoms with Crippen molar-refractivity contribution >= 4 is 5.91 Å². The van der Waals surface area contributed by atoms with Crippen LogP contribution in [0.1, 0.15) is 40.2 Å². The SMILES string of the molecule is N#Cc1ccc(Cc2ncc(CN(Cc3ccccc3)[C@@H]3CCN(Cc4ccccc4)C3=O)[nH]2)cc1. The summed E-state index contributed by atoms with van der Waals surface area (Å²) >= 11 is 0. The normalized spacial score (nSPS) is 15.4. The van der Waals surface area contributed by atoms with Crippen molar-refractivity contribution in [1.82, 2.24) is 19.8 Å². The van der Waals surface area contributed by atoms with E-state index < -0.39 is 0 Å². The van der Waals surface area contributed by atoms with Crippen LogP contribution in [-0.4, -0.2) is 38.3 Å². The number of benzene rings is 3. The van der Waals surface area contributed by atoms with E-state index in [2.05, 4.69) is 45.2 Å². The summed E-state index contributed by atoms with van der Waals surface area (Å²) in [6.07, 6.45) is 3.35. The number of hydrogen-bond donors (Lipinski definition) is 1. The molecule has 1 amide bonds. The predicted octanol–water partition coefficient (Wildman–Crippen LogP) is 4.68. The lowest BCUT2D eigenvalue weighted by atomic mass is 10.1. The first kappa shape index (κ1) is 23.5. The van der Waals surface area contributed by atoms with Gasteiger partial charge in [-0.25, -0.2) is 4.98 Å². The van der Waals surface area contributed by atoms with Crippen LogP contribution in [0.5, 0.6) is 0 Å². The third-order valence-corrected chi connectivity index (χ3v) is 6.66. The smallest absolute Gasteiger partial charge is 0.240 e. The van der Waals surface area contributed by atoms with E-state index in [0.717, 1.165) is 35.6 Å². The number of imidazole rings is 1. The van der Waals surface area contributed by atoms with E-state index in [4.69, 9.17) is 5.26 Å². The van der Waals surface area contributed by atoms with Gasteiger partial charge in [-0.1, -0.05) is 72.8 Å². The Balaban J connectivity index is 1.30. The van der Waals surface area contributed by atoms with Crippen LogP contribution < -0.4 is 0 Å². The molecule has 36 heavy (non-hydrogen) atoms. The van der Waals surface area contributed by atoms with Crippen LogP contribution in [0.2, 0.25) is 0 Å². The first-order valence-corrected chi connectivity index (χ1v) is 12.3. The molecular weight excluding hydrogens is 446 g/mol. The van der Waals surface area contributed by atoms with Crippen LogP contribution in [0.4, 0.5) is 0 Å². The summed E-state index contributed by atoms with van der Waals surface area (Å²) in [4.78, 5) is 25.7. The van der Waals surface area contributed by atoms with Crippen LogP contribution in [0.25, 0.3) is 0 Å². The maximum absolute atomic E-state index is 13.5. The van der Waals surface area contributed by atoms with Gasteiger partial charge in [-0.15, -0.1) is 0 Å². The van der Waals surface area contributed by atoms with E-state index in [1.165, 1.54) is 5.56 Å². The lowest BCUT2D eigenvalue weighted by Crippen LogP contribution is -2.41. The van der Waals surface area contributed by atoms with E-state index in [-0.39, 0.29) is 11.9 Å². The van der Waals surface area contributed by atoms with Crippen molar-refractivity contribution in [3.05, 3.63) is 125 Å². The molecule has 3 aromatic carbocycles. The van der Waals surface area contributed by atoms with Crippen LogP contribution >= 0.6 is 0 Å². The van der Waals surface area contributed by atoms with Gasteiger partial charge >= 0.3 is 0 Å². The van der Waals surface area contributed by atoms with Gasteiger partial charge in [0.2, 0.25) is 5.91 Å². The number of hydrogen-bond acceptors (Lipinski definition) is 4. The van der Waals surface area contributed by atoms with Crippen molar-refractivity contribution in [2.24, 2.45) is 0 Å². The Morgan fingerprint density at radius 3 is 2.31 bits per heavy atom. The van der Waals surface area contributed by atoms with Gasteiger partial charge in [-0.2, -0.15) is 5.26 Å². The number of rotatable bonds is 9. The minimum Gasteiger partial charge on any atom is -0.345 e. The highest BCUT2D eigenvalue weighted by Crippen LogP contribution is 2.23. The molecule has 6 heteroatoms. The molecule has 0 unspecified atom stereocenters. The van der Waals surface area contributed by atoms with E-state index in [1.54, 1.807) is 0 Å². The van der Waals surface area contributed by atoms with Crippen LogP contribution in [0.3, 0.4) is 0 Å². The van der Waals surface area contributed by atoms with E-state index >= 15 is 0 Å². The summed E-state index contributed by atoms with van der Waals surface area (Å²) in [5.74, 6) is 1.06. The van der Waals surface area contributed by atoms with Gasteiger partial charge in [0.05, 0.1) is 17.7 Å². The van der Waals surface area contributed by atoms with Crippen LogP contribution in [-0.2, 0) is 30.8 Å². The number of H-pyrrole nitrogens is 1. The molecule has 180 valence electrons. The topological polar surface area (TPSA) is 76.0 Å². The molecule has 2 heterocycles. The lowest BCUT2D eigenvalue weighted by Gasteiger charge is -2.27. The van der Waals surface area contributed by atoms with Crippen molar-refractivity contribution < 1.29 is 4.79 Å². The maximum Gasteiger partial charge on any atom is 0.240 e. The Hall–Kier alpha value is -4.21. The zero-order valence-corrected chi connectivity index (χ0v) is 20.2. The number of carbonyl (C=O) groups is 1. The number of nitrogens with zero attached hydrogens (tertiary/aromatic N) is 4. The number of nitriles is 1. The van der Waals surface area contributed by atoms with Crippen LogP contribution in [0, 0.1) is 11.3 Å². The Bertz CT molecular complexity index is 1330. The fourth-order valence-electron chi connectivity index (χ4n) is 4.80. The molecule has 1 N–H and O–H groups in total. The molecule has 0 saturated carbocycles. The zero-order valence-electron chi connectivity index (χ0n) is 20.2. The van der Waals surface area contributed by atoms with Gasteiger partial charge in [-0.05, 0) is 35.2 Å². The lowest BCUT2D eigenvalue weighted by molar-refractivity contribution is -0.133. The molecule has 4 aromatic rings.